The molecule has 0 unspecified atom stereocenters. The summed E-state index contributed by atoms with van der Waals surface area (Å²) in [5.41, 5.74) is 2.48. The third-order valence-corrected chi connectivity index (χ3v) is 3.58. The fourth-order valence-corrected chi connectivity index (χ4v) is 2.31. The van der Waals surface area contributed by atoms with E-state index in [9.17, 15) is 30.3 Å². The molecule has 0 aliphatic carbocycles. The molecule has 0 atom stereocenters. The van der Waals surface area contributed by atoms with Gasteiger partial charge in [-0.05, 0) is 12.5 Å². The predicted molar refractivity (Wildman–Crippen MR) is 97.9 cm³/mol. The van der Waals surface area contributed by atoms with Crippen molar-refractivity contribution in [2.24, 2.45) is 5.10 Å². The number of nitro groups is 3. The molecule has 11 nitrogen and oxygen atoms in total. The SMILES string of the molecule is CCC/C(=N\Nc1ccc([N+](=O)[O-])cc1[N+](=O)[O-])c1cccc([N+](=O)[O-])c1. The van der Waals surface area contributed by atoms with Gasteiger partial charge in [0.2, 0.25) is 0 Å². The maximum Gasteiger partial charge on any atom is 0.301 e. The summed E-state index contributed by atoms with van der Waals surface area (Å²) in [6.07, 6.45) is 1.15. The summed E-state index contributed by atoms with van der Waals surface area (Å²) in [4.78, 5) is 30.9. The monoisotopic (exact) mass is 373 g/mol. The van der Waals surface area contributed by atoms with Crippen molar-refractivity contribution in [1.29, 1.82) is 0 Å². The van der Waals surface area contributed by atoms with Gasteiger partial charge < -0.3 is 0 Å². The number of hydrogen-bond acceptors (Lipinski definition) is 8. The maximum absolute atomic E-state index is 11.2. The first-order valence-electron chi connectivity index (χ1n) is 7.83. The molecule has 2 aromatic rings. The van der Waals surface area contributed by atoms with Crippen molar-refractivity contribution < 1.29 is 14.8 Å². The van der Waals surface area contributed by atoms with Crippen molar-refractivity contribution in [2.75, 3.05) is 5.43 Å². The molecule has 0 radical (unpaired) electrons. The largest absolute Gasteiger partial charge is 0.301 e. The number of nitrogens with zero attached hydrogens (tertiary/aromatic N) is 4. The summed E-state index contributed by atoms with van der Waals surface area (Å²) in [7, 11) is 0. The molecule has 0 saturated carbocycles. The van der Waals surface area contributed by atoms with Gasteiger partial charge in [0.25, 0.3) is 11.4 Å². The van der Waals surface area contributed by atoms with E-state index in [2.05, 4.69) is 10.5 Å². The van der Waals surface area contributed by atoms with Gasteiger partial charge in [-0.15, -0.1) is 0 Å². The van der Waals surface area contributed by atoms with Crippen LogP contribution in [0, 0.1) is 30.3 Å². The van der Waals surface area contributed by atoms with Gasteiger partial charge in [-0.25, -0.2) is 0 Å². The lowest BCUT2D eigenvalue weighted by Crippen LogP contribution is -2.06. The Balaban J connectivity index is 2.40. The molecule has 140 valence electrons. The van der Waals surface area contributed by atoms with E-state index in [0.29, 0.717) is 24.1 Å². The van der Waals surface area contributed by atoms with Crippen LogP contribution in [0.25, 0.3) is 0 Å². The molecule has 27 heavy (non-hydrogen) atoms. The zero-order valence-corrected chi connectivity index (χ0v) is 14.2. The Kier molecular flexibility index (Phi) is 6.10. The van der Waals surface area contributed by atoms with Crippen LogP contribution >= 0.6 is 0 Å². The second kappa shape index (κ2) is 8.47. The Bertz CT molecular complexity index is 927. The first-order chi connectivity index (χ1) is 12.8. The zero-order valence-electron chi connectivity index (χ0n) is 14.2. The van der Waals surface area contributed by atoms with Crippen LogP contribution in [0.1, 0.15) is 25.3 Å². The van der Waals surface area contributed by atoms with Gasteiger partial charge in [-0.1, -0.05) is 25.5 Å². The molecule has 11 heteroatoms. The first kappa shape index (κ1) is 19.4. The molecule has 2 rings (SSSR count). The van der Waals surface area contributed by atoms with Gasteiger partial charge in [0, 0.05) is 23.8 Å². The predicted octanol–water partition coefficient (Wildman–Crippen LogP) is 4.03. The summed E-state index contributed by atoms with van der Waals surface area (Å²) < 4.78 is 0. The van der Waals surface area contributed by atoms with Gasteiger partial charge in [0.05, 0.1) is 26.5 Å². The van der Waals surface area contributed by atoms with Crippen LogP contribution < -0.4 is 5.43 Å². The summed E-state index contributed by atoms with van der Waals surface area (Å²) in [6, 6.07) is 9.03. The van der Waals surface area contributed by atoms with Gasteiger partial charge >= 0.3 is 5.69 Å². The smallest absolute Gasteiger partial charge is 0.271 e. The minimum atomic E-state index is -0.752. The lowest BCUT2D eigenvalue weighted by molar-refractivity contribution is -0.393. The molecular formula is C16H15N5O6. The zero-order chi connectivity index (χ0) is 20.0. The fourth-order valence-electron chi connectivity index (χ4n) is 2.31. The highest BCUT2D eigenvalue weighted by atomic mass is 16.6. The Morgan fingerprint density at radius 1 is 0.963 bits per heavy atom. The van der Waals surface area contributed by atoms with Gasteiger partial charge in [0.15, 0.2) is 0 Å². The third-order valence-electron chi connectivity index (χ3n) is 3.58. The lowest BCUT2D eigenvalue weighted by atomic mass is 10.1. The summed E-state index contributed by atoms with van der Waals surface area (Å²) in [6.45, 7) is 1.89. The standard InChI is InChI=1S/C16H15N5O6/c1-2-4-14(11-5-3-6-12(9-11)19(22)23)17-18-15-8-7-13(20(24)25)10-16(15)21(26)27/h3,5-10,18H,2,4H2,1H3/b17-14+. The Hall–Kier alpha value is -3.89. The quantitative estimate of drug-likeness (QED) is 0.416. The summed E-state index contributed by atoms with van der Waals surface area (Å²) in [5.74, 6) is 0. The van der Waals surface area contributed by atoms with E-state index in [-0.39, 0.29) is 11.4 Å². The molecular weight excluding hydrogens is 358 g/mol. The van der Waals surface area contributed by atoms with Crippen molar-refractivity contribution >= 4 is 28.5 Å². The lowest BCUT2D eigenvalue weighted by Gasteiger charge is -2.07. The van der Waals surface area contributed by atoms with E-state index in [1.165, 1.54) is 24.3 Å². The Labute approximate surface area is 152 Å². The van der Waals surface area contributed by atoms with E-state index < -0.39 is 26.1 Å². The third kappa shape index (κ3) is 4.81. The highest BCUT2D eigenvalue weighted by Crippen LogP contribution is 2.29. The molecule has 0 aliphatic rings. The van der Waals surface area contributed by atoms with E-state index in [1.54, 1.807) is 6.07 Å². The van der Waals surface area contributed by atoms with Crippen molar-refractivity contribution in [3.05, 3.63) is 78.4 Å². The molecule has 0 amide bonds. The summed E-state index contributed by atoms with van der Waals surface area (Å²) >= 11 is 0. The topological polar surface area (TPSA) is 154 Å². The number of nitro benzene ring substituents is 3. The van der Waals surface area contributed by atoms with Crippen LogP contribution in [0.2, 0.25) is 0 Å². The normalized spacial score (nSPS) is 11.1. The van der Waals surface area contributed by atoms with Crippen LogP contribution in [0.5, 0.6) is 0 Å². The maximum atomic E-state index is 11.2. The number of hydrazone groups is 1. The number of benzene rings is 2. The molecule has 1 N–H and O–H groups in total. The molecule has 0 spiro atoms. The minimum Gasteiger partial charge on any atom is -0.271 e. The average molecular weight is 373 g/mol. The number of anilines is 1. The van der Waals surface area contributed by atoms with Gasteiger partial charge in [-0.2, -0.15) is 5.10 Å². The van der Waals surface area contributed by atoms with E-state index >= 15 is 0 Å². The number of hydrogen-bond donors (Lipinski definition) is 1. The molecule has 0 saturated heterocycles. The molecule has 0 bridgehead atoms. The number of non-ortho nitro benzene ring substituents is 2. The van der Waals surface area contributed by atoms with Crippen molar-refractivity contribution in [2.45, 2.75) is 19.8 Å². The Morgan fingerprint density at radius 2 is 1.63 bits per heavy atom. The van der Waals surface area contributed by atoms with Crippen LogP contribution in [0.4, 0.5) is 22.7 Å². The molecule has 2 aromatic carbocycles. The van der Waals surface area contributed by atoms with E-state index in [1.807, 2.05) is 6.92 Å². The van der Waals surface area contributed by atoms with Crippen molar-refractivity contribution in [3.8, 4) is 0 Å². The van der Waals surface area contributed by atoms with Gasteiger partial charge in [0.1, 0.15) is 5.69 Å². The second-order valence-corrected chi connectivity index (χ2v) is 5.44. The van der Waals surface area contributed by atoms with Crippen LogP contribution in [0.3, 0.4) is 0 Å². The first-order valence-corrected chi connectivity index (χ1v) is 7.83. The summed E-state index contributed by atoms with van der Waals surface area (Å²) in [5, 5.41) is 37.0. The Morgan fingerprint density at radius 3 is 2.22 bits per heavy atom. The van der Waals surface area contributed by atoms with Crippen LogP contribution in [-0.4, -0.2) is 20.5 Å². The minimum absolute atomic E-state index is 0.0235. The number of nitrogens with one attached hydrogen (secondary N) is 1. The highest BCUT2D eigenvalue weighted by molar-refractivity contribution is 6.01. The second-order valence-electron chi connectivity index (χ2n) is 5.44. The van der Waals surface area contributed by atoms with E-state index in [0.717, 1.165) is 12.1 Å². The molecule has 0 aromatic heterocycles. The molecule has 0 fully saturated rings. The number of rotatable bonds is 8. The van der Waals surface area contributed by atoms with Gasteiger partial charge in [-0.3, -0.25) is 35.8 Å². The van der Waals surface area contributed by atoms with Crippen molar-refractivity contribution in [3.63, 3.8) is 0 Å². The molecule has 0 aliphatic heterocycles. The van der Waals surface area contributed by atoms with Crippen LogP contribution in [0.15, 0.2) is 47.6 Å². The van der Waals surface area contributed by atoms with Crippen molar-refractivity contribution in [1.82, 2.24) is 0 Å². The fraction of sp³-hybridized carbons (Fsp3) is 0.188. The average Bonchev–Trinajstić information content (AvgIpc) is 2.64. The van der Waals surface area contributed by atoms with E-state index in [4.69, 9.17) is 0 Å². The highest BCUT2D eigenvalue weighted by Gasteiger charge is 2.19. The van der Waals surface area contributed by atoms with Crippen LogP contribution in [-0.2, 0) is 0 Å². The molecule has 0 heterocycles.